The third-order valence-corrected chi connectivity index (χ3v) is 2.96. The van der Waals surface area contributed by atoms with Gasteiger partial charge >= 0.3 is 6.18 Å². The van der Waals surface area contributed by atoms with Crippen molar-refractivity contribution in [3.63, 3.8) is 0 Å². The third kappa shape index (κ3) is 1.50. The zero-order valence-corrected chi connectivity index (χ0v) is 7.77. The van der Waals surface area contributed by atoms with Crippen molar-refractivity contribution >= 4 is 12.1 Å². The zero-order chi connectivity index (χ0) is 11.1. The van der Waals surface area contributed by atoms with Gasteiger partial charge in [0.1, 0.15) is 5.41 Å². The fourth-order valence-corrected chi connectivity index (χ4v) is 2.10. The number of hydrazone groups is 1. The largest absolute Gasteiger partial charge is 0.394 e. The van der Waals surface area contributed by atoms with Crippen molar-refractivity contribution < 1.29 is 18.0 Å². The van der Waals surface area contributed by atoms with Crippen LogP contribution >= 0.6 is 0 Å². The molecule has 1 saturated heterocycles. The van der Waals surface area contributed by atoms with Crippen LogP contribution in [0.4, 0.5) is 13.2 Å². The van der Waals surface area contributed by atoms with Gasteiger partial charge in [0.15, 0.2) is 0 Å². The number of carbonyl (C=O) groups is 1. The molecule has 4 nitrogen and oxygen atoms in total. The van der Waals surface area contributed by atoms with Crippen LogP contribution in [0.1, 0.15) is 6.42 Å². The topological polar surface area (TPSA) is 53.5 Å². The Balaban J connectivity index is 2.35. The van der Waals surface area contributed by atoms with Crippen LogP contribution < -0.4 is 10.7 Å². The molecule has 84 valence electrons. The minimum Gasteiger partial charge on any atom is -0.316 e. The van der Waals surface area contributed by atoms with Crippen molar-refractivity contribution in [2.24, 2.45) is 16.4 Å². The second-order valence-electron chi connectivity index (χ2n) is 3.79. The summed E-state index contributed by atoms with van der Waals surface area (Å²) in [6, 6.07) is 0. The lowest BCUT2D eigenvalue weighted by Gasteiger charge is -2.38. The summed E-state index contributed by atoms with van der Waals surface area (Å²) in [5.74, 6) is -2.34. The molecule has 1 amide bonds. The average molecular weight is 221 g/mol. The summed E-state index contributed by atoms with van der Waals surface area (Å²) < 4.78 is 38.2. The molecule has 2 N–H and O–H groups in total. The van der Waals surface area contributed by atoms with Crippen LogP contribution in [-0.4, -0.2) is 31.4 Å². The van der Waals surface area contributed by atoms with Crippen molar-refractivity contribution in [1.82, 2.24) is 10.7 Å². The first-order valence-corrected chi connectivity index (χ1v) is 4.59. The van der Waals surface area contributed by atoms with Gasteiger partial charge in [-0.3, -0.25) is 4.79 Å². The Morgan fingerprint density at radius 1 is 1.53 bits per heavy atom. The second kappa shape index (κ2) is 3.19. The van der Waals surface area contributed by atoms with Crippen LogP contribution in [0.3, 0.4) is 0 Å². The number of carbonyl (C=O) groups excluding carboxylic acids is 1. The predicted octanol–water partition coefficient (Wildman–Crippen LogP) is 0.260. The molecule has 0 aromatic carbocycles. The quantitative estimate of drug-likeness (QED) is 0.616. The molecule has 1 fully saturated rings. The smallest absolute Gasteiger partial charge is 0.316 e. The highest BCUT2D eigenvalue weighted by atomic mass is 19.4. The summed E-state index contributed by atoms with van der Waals surface area (Å²) in [5.41, 5.74) is 0.588. The second-order valence-corrected chi connectivity index (χ2v) is 3.79. The summed E-state index contributed by atoms with van der Waals surface area (Å²) in [7, 11) is 0. The number of hydrogen-bond acceptors (Lipinski definition) is 3. The summed E-state index contributed by atoms with van der Waals surface area (Å²) in [5, 5.41) is 6.10. The van der Waals surface area contributed by atoms with Crippen molar-refractivity contribution in [1.29, 1.82) is 0 Å². The normalized spacial score (nSPS) is 35.9. The van der Waals surface area contributed by atoms with E-state index in [0.29, 0.717) is 6.54 Å². The average Bonchev–Trinajstić information content (AvgIpc) is 2.48. The predicted molar refractivity (Wildman–Crippen MR) is 46.1 cm³/mol. The van der Waals surface area contributed by atoms with Gasteiger partial charge in [-0.05, 0) is 13.0 Å². The van der Waals surface area contributed by atoms with Crippen LogP contribution in [-0.2, 0) is 4.79 Å². The van der Waals surface area contributed by atoms with E-state index in [4.69, 9.17) is 0 Å². The molecule has 15 heavy (non-hydrogen) atoms. The lowest BCUT2D eigenvalue weighted by molar-refractivity contribution is -0.201. The molecule has 0 aliphatic carbocycles. The first-order chi connectivity index (χ1) is 6.97. The summed E-state index contributed by atoms with van der Waals surface area (Å²) in [4.78, 5) is 11.4. The molecular weight excluding hydrogens is 211 g/mol. The van der Waals surface area contributed by atoms with Gasteiger partial charge in [0.25, 0.3) is 5.91 Å². The summed E-state index contributed by atoms with van der Waals surface area (Å²) in [6.45, 7) is 0.162. The molecular formula is C8H10F3N3O. The van der Waals surface area contributed by atoms with Gasteiger partial charge in [0, 0.05) is 12.8 Å². The van der Waals surface area contributed by atoms with Gasteiger partial charge < -0.3 is 5.32 Å². The molecule has 2 atom stereocenters. The zero-order valence-electron chi connectivity index (χ0n) is 7.77. The SMILES string of the molecule is O=C1NN=CC12CCNCC2C(F)(F)F. The third-order valence-electron chi connectivity index (χ3n) is 2.96. The monoisotopic (exact) mass is 221 g/mol. The molecule has 7 heteroatoms. The minimum atomic E-state index is -4.39. The van der Waals surface area contributed by atoms with Gasteiger partial charge in [-0.2, -0.15) is 18.3 Å². The van der Waals surface area contributed by atoms with Crippen molar-refractivity contribution in [3.8, 4) is 0 Å². The van der Waals surface area contributed by atoms with Crippen molar-refractivity contribution in [2.45, 2.75) is 12.6 Å². The van der Waals surface area contributed by atoms with E-state index in [1.54, 1.807) is 0 Å². The number of rotatable bonds is 0. The fraction of sp³-hybridized carbons (Fsp3) is 0.750. The highest BCUT2D eigenvalue weighted by molar-refractivity contribution is 6.02. The number of amides is 1. The molecule has 0 aromatic heterocycles. The van der Waals surface area contributed by atoms with Gasteiger partial charge in [0.05, 0.1) is 5.92 Å². The van der Waals surface area contributed by atoms with E-state index >= 15 is 0 Å². The summed E-state index contributed by atoms with van der Waals surface area (Å²) >= 11 is 0. The molecule has 0 saturated carbocycles. The Hall–Kier alpha value is -1.11. The van der Waals surface area contributed by atoms with E-state index < -0.39 is 23.4 Å². The highest BCUT2D eigenvalue weighted by Crippen LogP contribution is 2.44. The maximum atomic E-state index is 12.7. The molecule has 0 bridgehead atoms. The minimum absolute atomic E-state index is 0.131. The standard InChI is InChI=1S/C8H10F3N3O/c9-8(10,11)5-3-12-2-1-7(5)4-13-14-6(7)15/h4-5,12H,1-3H2,(H,14,15). The number of piperidine rings is 1. The molecule has 0 aromatic rings. The van der Waals surface area contributed by atoms with Gasteiger partial charge in [0.2, 0.25) is 0 Å². The van der Waals surface area contributed by atoms with E-state index in [-0.39, 0.29) is 13.0 Å². The van der Waals surface area contributed by atoms with Crippen molar-refractivity contribution in [3.05, 3.63) is 0 Å². The molecule has 2 aliphatic heterocycles. The molecule has 2 heterocycles. The number of halogens is 3. The van der Waals surface area contributed by atoms with Gasteiger partial charge in [-0.15, -0.1) is 0 Å². The molecule has 1 spiro atoms. The molecule has 0 radical (unpaired) electrons. The number of nitrogens with zero attached hydrogens (tertiary/aromatic N) is 1. The van der Waals surface area contributed by atoms with E-state index in [2.05, 4.69) is 15.8 Å². The number of hydrogen-bond donors (Lipinski definition) is 2. The van der Waals surface area contributed by atoms with Crippen molar-refractivity contribution in [2.75, 3.05) is 13.1 Å². The lowest BCUT2D eigenvalue weighted by Crippen LogP contribution is -2.56. The Morgan fingerprint density at radius 2 is 2.27 bits per heavy atom. The first kappa shape index (κ1) is 10.4. The van der Waals surface area contributed by atoms with E-state index in [1.165, 1.54) is 0 Å². The van der Waals surface area contributed by atoms with E-state index in [1.807, 2.05) is 0 Å². The Kier molecular flexibility index (Phi) is 2.22. The van der Waals surface area contributed by atoms with Crippen LogP contribution in [0.2, 0.25) is 0 Å². The molecule has 2 unspecified atom stereocenters. The van der Waals surface area contributed by atoms with E-state index in [0.717, 1.165) is 6.21 Å². The maximum Gasteiger partial charge on any atom is 0.394 e. The number of nitrogens with one attached hydrogen (secondary N) is 2. The van der Waals surface area contributed by atoms with Gasteiger partial charge in [-0.1, -0.05) is 0 Å². The first-order valence-electron chi connectivity index (χ1n) is 4.59. The maximum absolute atomic E-state index is 12.7. The van der Waals surface area contributed by atoms with Crippen LogP contribution in [0.25, 0.3) is 0 Å². The van der Waals surface area contributed by atoms with Crippen LogP contribution in [0.5, 0.6) is 0 Å². The fourth-order valence-electron chi connectivity index (χ4n) is 2.10. The molecule has 2 aliphatic rings. The molecule has 2 rings (SSSR count). The number of alkyl halides is 3. The van der Waals surface area contributed by atoms with E-state index in [9.17, 15) is 18.0 Å². The van der Waals surface area contributed by atoms with Crippen LogP contribution in [0.15, 0.2) is 5.10 Å². The summed E-state index contributed by atoms with van der Waals surface area (Å²) in [6.07, 6.45) is -3.15. The Labute approximate surface area is 83.9 Å². The van der Waals surface area contributed by atoms with Gasteiger partial charge in [-0.25, -0.2) is 5.43 Å². The Morgan fingerprint density at radius 3 is 2.80 bits per heavy atom. The van der Waals surface area contributed by atoms with Crippen LogP contribution in [0, 0.1) is 11.3 Å². The Bertz CT molecular complexity index is 315. The lowest BCUT2D eigenvalue weighted by atomic mass is 9.71. The highest BCUT2D eigenvalue weighted by Gasteiger charge is 2.59.